The Morgan fingerprint density at radius 1 is 1.18 bits per heavy atom. The maximum Gasteiger partial charge on any atom is 0.228 e. The first kappa shape index (κ1) is 18.7. The van der Waals surface area contributed by atoms with Gasteiger partial charge in [-0.15, -0.1) is 0 Å². The van der Waals surface area contributed by atoms with E-state index in [2.05, 4.69) is 24.0 Å². The minimum Gasteiger partial charge on any atom is -0.335 e. The van der Waals surface area contributed by atoms with Gasteiger partial charge in [-0.05, 0) is 48.6 Å². The van der Waals surface area contributed by atoms with E-state index < -0.39 is 0 Å². The summed E-state index contributed by atoms with van der Waals surface area (Å²) in [6.07, 6.45) is 8.10. The second kappa shape index (κ2) is 8.13. The van der Waals surface area contributed by atoms with E-state index >= 15 is 0 Å². The Morgan fingerprint density at radius 3 is 2.61 bits per heavy atom. The molecule has 1 atom stereocenters. The van der Waals surface area contributed by atoms with Gasteiger partial charge in [0.05, 0.1) is 5.92 Å². The van der Waals surface area contributed by atoms with E-state index in [0.717, 1.165) is 36.9 Å². The summed E-state index contributed by atoms with van der Waals surface area (Å²) in [4.78, 5) is 33.7. The molecule has 4 rings (SSSR count). The number of rotatable bonds is 7. The monoisotopic (exact) mass is 377 g/mol. The van der Waals surface area contributed by atoms with Gasteiger partial charge in [-0.1, -0.05) is 31.5 Å². The van der Waals surface area contributed by atoms with Crippen molar-refractivity contribution >= 4 is 17.5 Å². The third-order valence-electron chi connectivity index (χ3n) is 5.61. The molecule has 0 bridgehead atoms. The van der Waals surface area contributed by atoms with Crippen LogP contribution in [-0.2, 0) is 22.6 Å². The van der Waals surface area contributed by atoms with E-state index in [9.17, 15) is 9.59 Å². The predicted octanol–water partition coefficient (Wildman–Crippen LogP) is 3.58. The highest BCUT2D eigenvalue weighted by atomic mass is 16.2. The normalized spacial score (nSPS) is 19.1. The van der Waals surface area contributed by atoms with Crippen molar-refractivity contribution in [3.05, 3.63) is 59.9 Å². The summed E-state index contributed by atoms with van der Waals surface area (Å²) in [6, 6.07) is 12.4. The van der Waals surface area contributed by atoms with Crippen molar-refractivity contribution in [3.8, 4) is 0 Å². The van der Waals surface area contributed by atoms with E-state index in [1.54, 1.807) is 11.1 Å². The Morgan fingerprint density at radius 2 is 1.96 bits per heavy atom. The molecule has 2 aliphatic rings. The van der Waals surface area contributed by atoms with Crippen LogP contribution in [0.3, 0.4) is 0 Å². The number of anilines is 1. The molecule has 146 valence electrons. The zero-order chi connectivity index (χ0) is 19.5. The van der Waals surface area contributed by atoms with Crippen LogP contribution in [0.25, 0.3) is 0 Å². The summed E-state index contributed by atoms with van der Waals surface area (Å²) in [6.45, 7) is 3.21. The largest absolute Gasteiger partial charge is 0.335 e. The van der Waals surface area contributed by atoms with Crippen molar-refractivity contribution in [1.82, 2.24) is 9.88 Å². The quantitative estimate of drug-likeness (QED) is 0.741. The highest BCUT2D eigenvalue weighted by Crippen LogP contribution is 2.33. The molecule has 1 aromatic carbocycles. The van der Waals surface area contributed by atoms with Crippen molar-refractivity contribution in [1.29, 1.82) is 0 Å². The van der Waals surface area contributed by atoms with Gasteiger partial charge in [-0.25, -0.2) is 0 Å². The molecule has 1 aliphatic carbocycles. The summed E-state index contributed by atoms with van der Waals surface area (Å²) in [5.41, 5.74) is 3.21. The number of pyridine rings is 1. The van der Waals surface area contributed by atoms with Gasteiger partial charge in [0.2, 0.25) is 11.8 Å². The summed E-state index contributed by atoms with van der Waals surface area (Å²) >= 11 is 0. The highest BCUT2D eigenvalue weighted by molar-refractivity contribution is 6.00. The first-order chi connectivity index (χ1) is 13.7. The van der Waals surface area contributed by atoms with Gasteiger partial charge in [-0.2, -0.15) is 0 Å². The highest BCUT2D eigenvalue weighted by Gasteiger charge is 2.41. The molecule has 2 fully saturated rings. The van der Waals surface area contributed by atoms with Crippen molar-refractivity contribution in [2.75, 3.05) is 11.4 Å². The van der Waals surface area contributed by atoms with Gasteiger partial charge in [0.25, 0.3) is 0 Å². The second-order valence-corrected chi connectivity index (χ2v) is 7.88. The summed E-state index contributed by atoms with van der Waals surface area (Å²) in [5.74, 6) is -0.122. The number of nitrogens with zero attached hydrogens (tertiary/aromatic N) is 3. The zero-order valence-electron chi connectivity index (χ0n) is 16.4. The number of aromatic nitrogens is 1. The number of benzene rings is 1. The molecule has 0 N–H and O–H groups in total. The molecule has 2 aromatic rings. The summed E-state index contributed by atoms with van der Waals surface area (Å²) in [7, 11) is 0. The van der Waals surface area contributed by atoms with Crippen LogP contribution in [0.2, 0.25) is 0 Å². The van der Waals surface area contributed by atoms with Crippen molar-refractivity contribution in [3.63, 3.8) is 0 Å². The van der Waals surface area contributed by atoms with Gasteiger partial charge in [-0.3, -0.25) is 14.6 Å². The molecule has 1 saturated carbocycles. The molecule has 1 aromatic heterocycles. The average molecular weight is 377 g/mol. The summed E-state index contributed by atoms with van der Waals surface area (Å²) in [5, 5.41) is 0. The molecule has 0 radical (unpaired) electrons. The SMILES string of the molecule is CCCc1ccc(N2CC(C(=O)N(Cc3cccnc3)C3CC3)CC2=O)cc1. The van der Waals surface area contributed by atoms with Gasteiger partial charge in [0.1, 0.15) is 0 Å². The molecule has 28 heavy (non-hydrogen) atoms. The van der Waals surface area contributed by atoms with Crippen LogP contribution in [0, 0.1) is 5.92 Å². The molecule has 5 nitrogen and oxygen atoms in total. The van der Waals surface area contributed by atoms with Crippen LogP contribution in [0.5, 0.6) is 0 Å². The van der Waals surface area contributed by atoms with Gasteiger partial charge in [0.15, 0.2) is 0 Å². The second-order valence-electron chi connectivity index (χ2n) is 7.88. The van der Waals surface area contributed by atoms with E-state index in [4.69, 9.17) is 0 Å². The lowest BCUT2D eigenvalue weighted by molar-refractivity contribution is -0.137. The van der Waals surface area contributed by atoms with Crippen molar-refractivity contribution in [2.24, 2.45) is 5.92 Å². The first-order valence-electron chi connectivity index (χ1n) is 10.2. The fraction of sp³-hybridized carbons (Fsp3) is 0.435. The number of carbonyl (C=O) groups excluding carboxylic acids is 2. The fourth-order valence-corrected chi connectivity index (χ4v) is 3.95. The number of aryl methyl sites for hydroxylation is 1. The van der Waals surface area contributed by atoms with Gasteiger partial charge >= 0.3 is 0 Å². The average Bonchev–Trinajstić information content (AvgIpc) is 3.49. The smallest absolute Gasteiger partial charge is 0.228 e. The van der Waals surface area contributed by atoms with Crippen LogP contribution >= 0.6 is 0 Å². The zero-order valence-corrected chi connectivity index (χ0v) is 16.4. The Balaban J connectivity index is 1.45. The molecule has 2 heterocycles. The maximum absolute atomic E-state index is 13.2. The third-order valence-corrected chi connectivity index (χ3v) is 5.61. The Hall–Kier alpha value is -2.69. The van der Waals surface area contributed by atoms with Crippen molar-refractivity contribution < 1.29 is 9.59 Å². The predicted molar refractivity (Wildman–Crippen MR) is 109 cm³/mol. The van der Waals surface area contributed by atoms with Crippen molar-refractivity contribution in [2.45, 2.75) is 51.6 Å². The van der Waals surface area contributed by atoms with Crippen LogP contribution in [0.15, 0.2) is 48.8 Å². The third kappa shape index (κ3) is 4.08. The van der Waals surface area contributed by atoms with E-state index in [1.807, 2.05) is 35.4 Å². The summed E-state index contributed by atoms with van der Waals surface area (Å²) < 4.78 is 0. The van der Waals surface area contributed by atoms with E-state index in [0.29, 0.717) is 25.6 Å². The van der Waals surface area contributed by atoms with Crippen LogP contribution in [0.4, 0.5) is 5.69 Å². The lowest BCUT2D eigenvalue weighted by Crippen LogP contribution is -2.38. The molecule has 5 heteroatoms. The number of amides is 2. The van der Waals surface area contributed by atoms with Crippen LogP contribution < -0.4 is 4.90 Å². The molecular weight excluding hydrogens is 350 g/mol. The Kier molecular flexibility index (Phi) is 5.42. The molecule has 1 unspecified atom stereocenters. The topological polar surface area (TPSA) is 53.5 Å². The Labute approximate surface area is 166 Å². The molecule has 2 amide bonds. The number of hydrogen-bond acceptors (Lipinski definition) is 3. The van der Waals surface area contributed by atoms with Gasteiger partial charge < -0.3 is 9.80 Å². The molecule has 1 saturated heterocycles. The minimum atomic E-state index is -0.264. The maximum atomic E-state index is 13.2. The fourth-order valence-electron chi connectivity index (χ4n) is 3.95. The van der Waals surface area contributed by atoms with Crippen LogP contribution in [0.1, 0.15) is 43.7 Å². The molecule has 0 spiro atoms. The number of carbonyl (C=O) groups is 2. The van der Waals surface area contributed by atoms with E-state index in [1.165, 1.54) is 5.56 Å². The Bertz CT molecular complexity index is 831. The molecular formula is C23H27N3O2. The van der Waals surface area contributed by atoms with E-state index in [-0.39, 0.29) is 17.7 Å². The van der Waals surface area contributed by atoms with Crippen LogP contribution in [-0.4, -0.2) is 34.3 Å². The van der Waals surface area contributed by atoms with Gasteiger partial charge in [0, 0.05) is 43.6 Å². The number of hydrogen-bond donors (Lipinski definition) is 0. The minimum absolute atomic E-state index is 0.0405. The first-order valence-corrected chi connectivity index (χ1v) is 10.2. The lowest BCUT2D eigenvalue weighted by Gasteiger charge is -2.25. The lowest BCUT2D eigenvalue weighted by atomic mass is 10.1. The molecule has 1 aliphatic heterocycles. The standard InChI is InChI=1S/C23H27N3O2/c1-2-4-17-6-8-20(9-7-17)25-16-19(13-22(25)27)23(28)26(21-10-11-21)15-18-5-3-12-24-14-18/h3,5-9,12,14,19,21H,2,4,10-11,13,15-16H2,1H3.